The van der Waals surface area contributed by atoms with Crippen molar-refractivity contribution in [2.75, 3.05) is 5.32 Å². The van der Waals surface area contributed by atoms with Crippen molar-refractivity contribution in [3.8, 4) is 11.1 Å². The smallest absolute Gasteiger partial charge is 0.226 e. The number of nitrogens with one attached hydrogen (secondary N) is 1. The summed E-state index contributed by atoms with van der Waals surface area (Å²) in [6.07, 6.45) is 3.37. The van der Waals surface area contributed by atoms with Crippen LogP contribution in [0.25, 0.3) is 16.8 Å². The zero-order valence-electron chi connectivity index (χ0n) is 15.3. The lowest BCUT2D eigenvalue weighted by molar-refractivity contribution is 0.503. The van der Waals surface area contributed by atoms with Crippen molar-refractivity contribution in [1.29, 1.82) is 0 Å². The first-order chi connectivity index (χ1) is 14.2. The van der Waals surface area contributed by atoms with E-state index in [4.69, 9.17) is 0 Å². The first kappa shape index (κ1) is 17.3. The third kappa shape index (κ3) is 3.18. The number of aromatic nitrogens is 3. The van der Waals surface area contributed by atoms with Gasteiger partial charge in [-0.1, -0.05) is 60.7 Å². The van der Waals surface area contributed by atoms with Gasteiger partial charge in [-0.15, -0.1) is 0 Å². The minimum Gasteiger partial charge on any atom is -0.324 e. The fraction of sp³-hybridized carbons (Fsp3) is 0.0435. The van der Waals surface area contributed by atoms with Crippen LogP contribution in [0.4, 0.5) is 14.7 Å². The summed E-state index contributed by atoms with van der Waals surface area (Å²) in [5, 5.41) is 7.49. The van der Waals surface area contributed by atoms with E-state index in [9.17, 15) is 8.78 Å². The Morgan fingerprint density at radius 2 is 1.52 bits per heavy atom. The Labute approximate surface area is 166 Å². The van der Waals surface area contributed by atoms with E-state index in [0.717, 1.165) is 28.5 Å². The van der Waals surface area contributed by atoms with Crippen molar-refractivity contribution in [1.82, 2.24) is 14.8 Å². The highest BCUT2D eigenvalue weighted by Crippen LogP contribution is 2.33. The molecule has 0 spiro atoms. The summed E-state index contributed by atoms with van der Waals surface area (Å²) in [4.78, 5) is 4.25. The number of benzene rings is 3. The molecule has 2 heterocycles. The molecule has 0 saturated heterocycles. The van der Waals surface area contributed by atoms with E-state index in [2.05, 4.69) is 39.7 Å². The third-order valence-electron chi connectivity index (χ3n) is 5.00. The summed E-state index contributed by atoms with van der Waals surface area (Å²) in [5.74, 6) is -1.21. The maximum atomic E-state index is 13.8. The summed E-state index contributed by atoms with van der Waals surface area (Å²) in [6.45, 7) is 0. The molecule has 0 bridgehead atoms. The molecule has 1 N–H and O–H groups in total. The van der Waals surface area contributed by atoms with E-state index in [-0.39, 0.29) is 0 Å². The lowest BCUT2D eigenvalue weighted by Crippen LogP contribution is -2.20. The van der Waals surface area contributed by atoms with Gasteiger partial charge in [0.05, 0.1) is 0 Å². The van der Waals surface area contributed by atoms with Crippen LogP contribution in [0.3, 0.4) is 0 Å². The predicted molar refractivity (Wildman–Crippen MR) is 108 cm³/mol. The van der Waals surface area contributed by atoms with E-state index < -0.39 is 17.7 Å². The first-order valence-electron chi connectivity index (χ1n) is 9.18. The summed E-state index contributed by atoms with van der Waals surface area (Å²) >= 11 is 0. The Morgan fingerprint density at radius 1 is 0.793 bits per heavy atom. The molecule has 0 saturated carbocycles. The quantitative estimate of drug-likeness (QED) is 0.521. The highest BCUT2D eigenvalue weighted by molar-refractivity contribution is 5.78. The normalized spacial score (nSPS) is 15.4. The molecular weight excluding hydrogens is 370 g/mol. The fourth-order valence-electron chi connectivity index (χ4n) is 3.51. The number of hydrogen-bond acceptors (Lipinski definition) is 3. The zero-order chi connectivity index (χ0) is 19.8. The first-order valence-corrected chi connectivity index (χ1v) is 9.18. The molecule has 0 aliphatic carbocycles. The molecule has 4 aromatic rings. The van der Waals surface area contributed by atoms with Crippen molar-refractivity contribution in [2.45, 2.75) is 6.04 Å². The average molecular weight is 386 g/mol. The Balaban J connectivity index is 1.53. The van der Waals surface area contributed by atoms with Crippen LogP contribution < -0.4 is 5.32 Å². The van der Waals surface area contributed by atoms with Crippen LogP contribution in [0.2, 0.25) is 0 Å². The topological polar surface area (TPSA) is 42.7 Å². The number of allylic oxidation sites excluding steroid dienone is 1. The van der Waals surface area contributed by atoms with Crippen molar-refractivity contribution < 1.29 is 8.78 Å². The molecule has 29 heavy (non-hydrogen) atoms. The van der Waals surface area contributed by atoms with Crippen LogP contribution >= 0.6 is 0 Å². The van der Waals surface area contributed by atoms with Crippen LogP contribution in [0.1, 0.15) is 17.2 Å². The molecule has 1 aromatic heterocycles. The Kier molecular flexibility index (Phi) is 4.17. The van der Waals surface area contributed by atoms with Crippen molar-refractivity contribution >= 4 is 11.6 Å². The molecule has 0 unspecified atom stereocenters. The molecule has 4 nitrogen and oxygen atoms in total. The largest absolute Gasteiger partial charge is 0.324 e. The van der Waals surface area contributed by atoms with Crippen molar-refractivity contribution in [2.24, 2.45) is 0 Å². The fourth-order valence-corrected chi connectivity index (χ4v) is 3.51. The number of hydrogen-bond donors (Lipinski definition) is 1. The molecule has 0 amide bonds. The number of halogens is 2. The van der Waals surface area contributed by atoms with Gasteiger partial charge in [0.25, 0.3) is 0 Å². The minimum absolute atomic E-state index is 0.396. The predicted octanol–water partition coefficient (Wildman–Crippen LogP) is 5.28. The molecule has 1 aliphatic heterocycles. The van der Waals surface area contributed by atoms with E-state index in [1.165, 1.54) is 12.4 Å². The SMILES string of the molecule is Fc1ccc([C@H]2C=C(c3ccc(-c4ccccc4)cc3)Nc3ncnn32)cc1F. The Hall–Kier alpha value is -3.80. The van der Waals surface area contributed by atoms with Crippen LogP contribution in [0.15, 0.2) is 85.2 Å². The number of fused-ring (bicyclic) bond motifs is 1. The van der Waals surface area contributed by atoms with Crippen molar-refractivity contribution in [3.05, 3.63) is 108 Å². The van der Waals surface area contributed by atoms with Crippen LogP contribution in [-0.2, 0) is 0 Å². The number of nitrogens with zero attached hydrogens (tertiary/aromatic N) is 3. The Morgan fingerprint density at radius 3 is 2.28 bits per heavy atom. The molecule has 0 fully saturated rings. The van der Waals surface area contributed by atoms with E-state index in [1.807, 2.05) is 36.4 Å². The molecule has 6 heteroatoms. The summed E-state index contributed by atoms with van der Waals surface area (Å²) in [5.41, 5.74) is 4.65. The Bertz CT molecular complexity index is 1200. The standard InChI is InChI=1S/C23H16F2N4/c24-19-11-10-18(12-20(19)25)22-13-21(28-23-26-14-27-29(22)23)17-8-6-16(7-9-17)15-4-2-1-3-5-15/h1-14,22H,(H,26,27,28)/t22-/m1/s1. The molecule has 1 atom stereocenters. The maximum absolute atomic E-state index is 13.8. The van der Waals surface area contributed by atoms with Crippen molar-refractivity contribution in [3.63, 3.8) is 0 Å². The average Bonchev–Trinajstić information content (AvgIpc) is 3.24. The van der Waals surface area contributed by atoms with Crippen LogP contribution in [0, 0.1) is 11.6 Å². The van der Waals surface area contributed by atoms with Crippen LogP contribution in [0.5, 0.6) is 0 Å². The second-order valence-electron chi connectivity index (χ2n) is 6.80. The second kappa shape index (κ2) is 6.98. The lowest BCUT2D eigenvalue weighted by Gasteiger charge is -2.24. The molecule has 3 aromatic carbocycles. The molecule has 1 aliphatic rings. The van der Waals surface area contributed by atoms with Gasteiger partial charge in [-0.3, -0.25) is 0 Å². The second-order valence-corrected chi connectivity index (χ2v) is 6.80. The third-order valence-corrected chi connectivity index (χ3v) is 5.00. The van der Waals surface area contributed by atoms with Gasteiger partial charge in [-0.25, -0.2) is 13.5 Å². The molecular formula is C23H16F2N4. The van der Waals surface area contributed by atoms with Crippen LogP contribution in [-0.4, -0.2) is 14.8 Å². The van der Waals surface area contributed by atoms with E-state index in [0.29, 0.717) is 11.5 Å². The van der Waals surface area contributed by atoms with Gasteiger partial charge in [-0.05, 0) is 40.5 Å². The molecule has 142 valence electrons. The number of anilines is 1. The maximum Gasteiger partial charge on any atom is 0.226 e. The summed E-state index contributed by atoms with van der Waals surface area (Å²) < 4.78 is 28.8. The molecule has 0 radical (unpaired) electrons. The monoisotopic (exact) mass is 386 g/mol. The van der Waals surface area contributed by atoms with Gasteiger partial charge in [0.2, 0.25) is 5.95 Å². The van der Waals surface area contributed by atoms with Gasteiger partial charge in [0.1, 0.15) is 12.4 Å². The van der Waals surface area contributed by atoms with E-state index >= 15 is 0 Å². The minimum atomic E-state index is -0.884. The summed E-state index contributed by atoms with van der Waals surface area (Å²) in [7, 11) is 0. The highest BCUT2D eigenvalue weighted by Gasteiger charge is 2.24. The number of rotatable bonds is 3. The van der Waals surface area contributed by atoms with Gasteiger partial charge in [0, 0.05) is 5.70 Å². The van der Waals surface area contributed by atoms with E-state index in [1.54, 1.807) is 10.7 Å². The van der Waals surface area contributed by atoms with Gasteiger partial charge < -0.3 is 5.32 Å². The molecule has 5 rings (SSSR count). The highest BCUT2D eigenvalue weighted by atomic mass is 19.2. The van der Waals surface area contributed by atoms with Gasteiger partial charge in [0.15, 0.2) is 11.6 Å². The lowest BCUT2D eigenvalue weighted by atomic mass is 9.99. The summed E-state index contributed by atoms with van der Waals surface area (Å²) in [6, 6.07) is 21.8. The zero-order valence-corrected chi connectivity index (χ0v) is 15.3. The van der Waals surface area contributed by atoms with Gasteiger partial charge >= 0.3 is 0 Å². The van der Waals surface area contributed by atoms with Gasteiger partial charge in [-0.2, -0.15) is 10.1 Å².